The van der Waals surface area contributed by atoms with E-state index >= 15 is 0 Å². The molecule has 0 fully saturated rings. The molecule has 152 valence electrons. The van der Waals surface area contributed by atoms with Gasteiger partial charge in [0.1, 0.15) is 23.0 Å². The molecule has 1 N–H and O–H groups in total. The van der Waals surface area contributed by atoms with Crippen molar-refractivity contribution in [2.24, 2.45) is 0 Å². The van der Waals surface area contributed by atoms with Crippen LogP contribution in [0.4, 0.5) is 5.00 Å². The number of aromatic nitrogens is 1. The largest absolute Gasteiger partial charge is 0.489 e. The van der Waals surface area contributed by atoms with Crippen molar-refractivity contribution >= 4 is 28.2 Å². The highest BCUT2D eigenvalue weighted by molar-refractivity contribution is 7.18. The first-order chi connectivity index (χ1) is 13.9. The van der Waals surface area contributed by atoms with Crippen molar-refractivity contribution in [3.63, 3.8) is 0 Å². The van der Waals surface area contributed by atoms with E-state index in [2.05, 4.69) is 10.5 Å². The number of aryl methyl sites for hydroxylation is 3. The maximum atomic E-state index is 12.6. The summed E-state index contributed by atoms with van der Waals surface area (Å²) in [5.41, 5.74) is 2.88. The van der Waals surface area contributed by atoms with Crippen LogP contribution in [0.15, 0.2) is 34.9 Å². The lowest BCUT2D eigenvalue weighted by Gasteiger charge is -2.08. The van der Waals surface area contributed by atoms with Crippen molar-refractivity contribution in [1.29, 1.82) is 0 Å². The van der Waals surface area contributed by atoms with Crippen LogP contribution in [0.1, 0.15) is 49.5 Å². The first kappa shape index (κ1) is 20.6. The smallest absolute Gasteiger partial charge is 0.348 e. The number of esters is 1. The summed E-state index contributed by atoms with van der Waals surface area (Å²) in [6.07, 6.45) is 0. The molecule has 7 nitrogen and oxygen atoms in total. The standard InChI is InChI=1S/C21H22N2O5S/c1-5-26-21(25)19-12(2)9-18(29-19)22-20(24)15-7-6-8-16(10-15)27-11-17-13(3)23-28-14(17)4/h6-10H,5,11H2,1-4H3,(H,22,24). The molecule has 0 spiro atoms. The number of benzene rings is 1. The van der Waals surface area contributed by atoms with Gasteiger partial charge in [0, 0.05) is 5.56 Å². The zero-order valence-corrected chi connectivity index (χ0v) is 17.5. The maximum Gasteiger partial charge on any atom is 0.348 e. The van der Waals surface area contributed by atoms with Gasteiger partial charge in [-0.2, -0.15) is 0 Å². The Balaban J connectivity index is 1.68. The molecule has 0 aliphatic carbocycles. The van der Waals surface area contributed by atoms with Gasteiger partial charge in [-0.25, -0.2) is 4.79 Å². The molecule has 3 aromatic rings. The number of nitrogens with zero attached hydrogens (tertiary/aromatic N) is 1. The highest BCUT2D eigenvalue weighted by atomic mass is 32.1. The number of ether oxygens (including phenoxy) is 2. The second-order valence-corrected chi connectivity index (χ2v) is 7.47. The summed E-state index contributed by atoms with van der Waals surface area (Å²) < 4.78 is 16.0. The fourth-order valence-corrected chi connectivity index (χ4v) is 3.68. The fourth-order valence-electron chi connectivity index (χ4n) is 2.72. The molecular formula is C21H22N2O5S. The quantitative estimate of drug-likeness (QED) is 0.565. The van der Waals surface area contributed by atoms with Gasteiger partial charge in [0.2, 0.25) is 0 Å². The number of hydrogen-bond donors (Lipinski definition) is 1. The molecule has 0 radical (unpaired) electrons. The van der Waals surface area contributed by atoms with Gasteiger partial charge in [0.05, 0.1) is 22.9 Å². The number of hydrogen-bond acceptors (Lipinski definition) is 7. The minimum absolute atomic E-state index is 0.288. The summed E-state index contributed by atoms with van der Waals surface area (Å²) in [6.45, 7) is 7.85. The number of nitrogens with one attached hydrogen (secondary N) is 1. The summed E-state index contributed by atoms with van der Waals surface area (Å²) in [6, 6.07) is 8.65. The third-order valence-electron chi connectivity index (χ3n) is 4.28. The van der Waals surface area contributed by atoms with Crippen LogP contribution in [-0.4, -0.2) is 23.6 Å². The number of thiophene rings is 1. The molecule has 0 unspecified atom stereocenters. The normalized spacial score (nSPS) is 10.6. The molecule has 3 rings (SSSR count). The lowest BCUT2D eigenvalue weighted by Crippen LogP contribution is -2.11. The highest BCUT2D eigenvalue weighted by Gasteiger charge is 2.17. The minimum Gasteiger partial charge on any atom is -0.489 e. The van der Waals surface area contributed by atoms with Crippen LogP contribution in [0.5, 0.6) is 5.75 Å². The summed E-state index contributed by atoms with van der Waals surface area (Å²) in [7, 11) is 0. The lowest BCUT2D eigenvalue weighted by atomic mass is 10.2. The second-order valence-electron chi connectivity index (χ2n) is 6.42. The molecule has 2 heterocycles. The zero-order valence-electron chi connectivity index (χ0n) is 16.7. The molecule has 0 saturated carbocycles. The molecule has 1 amide bonds. The first-order valence-electron chi connectivity index (χ1n) is 9.12. The first-order valence-corrected chi connectivity index (χ1v) is 9.94. The van der Waals surface area contributed by atoms with Gasteiger partial charge in [0.15, 0.2) is 0 Å². The van der Waals surface area contributed by atoms with Crippen molar-refractivity contribution in [3.8, 4) is 5.75 Å². The summed E-state index contributed by atoms with van der Waals surface area (Å²) in [5.74, 6) is 0.601. The Morgan fingerprint density at radius 3 is 2.69 bits per heavy atom. The number of carbonyl (C=O) groups excluding carboxylic acids is 2. The molecule has 2 aromatic heterocycles. The van der Waals surface area contributed by atoms with Gasteiger partial charge in [-0.3, -0.25) is 4.79 Å². The van der Waals surface area contributed by atoms with Crippen molar-refractivity contribution in [3.05, 3.63) is 63.4 Å². The molecule has 0 atom stereocenters. The van der Waals surface area contributed by atoms with Gasteiger partial charge < -0.3 is 19.3 Å². The van der Waals surface area contributed by atoms with E-state index in [1.165, 1.54) is 11.3 Å². The SMILES string of the molecule is CCOC(=O)c1sc(NC(=O)c2cccc(OCc3c(C)noc3C)c2)cc1C. The monoisotopic (exact) mass is 414 g/mol. The van der Waals surface area contributed by atoms with Crippen molar-refractivity contribution in [2.75, 3.05) is 11.9 Å². The molecule has 8 heteroatoms. The average molecular weight is 414 g/mol. The molecule has 0 bridgehead atoms. The fraction of sp³-hybridized carbons (Fsp3) is 0.286. The lowest BCUT2D eigenvalue weighted by molar-refractivity contribution is 0.0531. The van der Waals surface area contributed by atoms with Gasteiger partial charge in [0.25, 0.3) is 5.91 Å². The number of carbonyl (C=O) groups is 2. The number of anilines is 1. The Hall–Kier alpha value is -3.13. The van der Waals surface area contributed by atoms with Crippen LogP contribution in [0.25, 0.3) is 0 Å². The molecular weight excluding hydrogens is 392 g/mol. The topological polar surface area (TPSA) is 90.7 Å². The summed E-state index contributed by atoms with van der Waals surface area (Å²) in [5, 5.41) is 7.31. The number of rotatable bonds is 7. The Morgan fingerprint density at radius 2 is 2.00 bits per heavy atom. The van der Waals surface area contributed by atoms with Gasteiger partial charge in [-0.05, 0) is 57.5 Å². The minimum atomic E-state index is -0.384. The molecule has 0 saturated heterocycles. The number of amides is 1. The van der Waals surface area contributed by atoms with Crippen LogP contribution in [0.2, 0.25) is 0 Å². The van der Waals surface area contributed by atoms with E-state index < -0.39 is 0 Å². The average Bonchev–Trinajstić information content (AvgIpc) is 3.22. The van der Waals surface area contributed by atoms with Crippen LogP contribution in [-0.2, 0) is 11.3 Å². The van der Waals surface area contributed by atoms with Gasteiger partial charge in [-0.1, -0.05) is 11.2 Å². The van der Waals surface area contributed by atoms with Gasteiger partial charge >= 0.3 is 5.97 Å². The van der Waals surface area contributed by atoms with Crippen LogP contribution in [0, 0.1) is 20.8 Å². The van der Waals surface area contributed by atoms with Crippen molar-refractivity contribution in [1.82, 2.24) is 5.16 Å². The van der Waals surface area contributed by atoms with E-state index in [-0.39, 0.29) is 11.9 Å². The van der Waals surface area contributed by atoms with Gasteiger partial charge in [-0.15, -0.1) is 11.3 Å². The molecule has 0 aliphatic rings. The second kappa shape index (κ2) is 8.91. The predicted molar refractivity (Wildman–Crippen MR) is 110 cm³/mol. The Morgan fingerprint density at radius 1 is 1.21 bits per heavy atom. The molecule has 1 aromatic carbocycles. The van der Waals surface area contributed by atoms with Crippen LogP contribution >= 0.6 is 11.3 Å². The van der Waals surface area contributed by atoms with E-state index in [9.17, 15) is 9.59 Å². The van der Waals surface area contributed by atoms with Crippen LogP contribution < -0.4 is 10.1 Å². The summed E-state index contributed by atoms with van der Waals surface area (Å²) >= 11 is 1.19. The zero-order chi connectivity index (χ0) is 21.0. The maximum absolute atomic E-state index is 12.6. The van der Waals surface area contributed by atoms with E-state index in [4.69, 9.17) is 14.0 Å². The van der Waals surface area contributed by atoms with E-state index in [1.54, 1.807) is 37.3 Å². The Labute approximate surface area is 172 Å². The Bertz CT molecular complexity index is 1020. The van der Waals surface area contributed by atoms with Crippen molar-refractivity contribution < 1.29 is 23.6 Å². The Kier molecular flexibility index (Phi) is 6.33. The highest BCUT2D eigenvalue weighted by Crippen LogP contribution is 2.28. The van der Waals surface area contributed by atoms with E-state index in [1.807, 2.05) is 20.8 Å². The third kappa shape index (κ3) is 4.83. The van der Waals surface area contributed by atoms with Crippen molar-refractivity contribution in [2.45, 2.75) is 34.3 Å². The van der Waals surface area contributed by atoms with E-state index in [0.29, 0.717) is 40.2 Å². The molecule has 29 heavy (non-hydrogen) atoms. The third-order valence-corrected chi connectivity index (χ3v) is 5.41. The van der Waals surface area contributed by atoms with E-state index in [0.717, 1.165) is 16.8 Å². The predicted octanol–water partition coefficient (Wildman–Crippen LogP) is 4.67. The van der Waals surface area contributed by atoms with Crippen LogP contribution in [0.3, 0.4) is 0 Å². The molecule has 0 aliphatic heterocycles. The summed E-state index contributed by atoms with van der Waals surface area (Å²) in [4.78, 5) is 25.1.